The fourth-order valence-corrected chi connectivity index (χ4v) is 1.78. The second kappa shape index (κ2) is 5.42. The highest BCUT2D eigenvalue weighted by atomic mass is 35.5. The van der Waals surface area contributed by atoms with Gasteiger partial charge in [-0.2, -0.15) is 0 Å². The van der Waals surface area contributed by atoms with Crippen LogP contribution in [0.4, 0.5) is 8.78 Å². The molecule has 0 amide bonds. The van der Waals surface area contributed by atoms with Crippen LogP contribution in [0.25, 0.3) is 0 Å². The summed E-state index contributed by atoms with van der Waals surface area (Å²) in [6.07, 6.45) is 1.58. The number of hydrogen-bond donors (Lipinski definition) is 1. The Hall–Kier alpha value is -1.52. The van der Waals surface area contributed by atoms with Crippen molar-refractivity contribution in [2.24, 2.45) is 5.73 Å². The summed E-state index contributed by atoms with van der Waals surface area (Å²) < 4.78 is 26.9. The molecule has 18 heavy (non-hydrogen) atoms. The summed E-state index contributed by atoms with van der Waals surface area (Å²) in [6, 6.07) is 6.51. The molecule has 1 atom stereocenters. The molecule has 2 aromatic rings. The van der Waals surface area contributed by atoms with Crippen molar-refractivity contribution < 1.29 is 8.78 Å². The summed E-state index contributed by atoms with van der Waals surface area (Å²) in [6.45, 7) is 0. The van der Waals surface area contributed by atoms with E-state index in [1.54, 1.807) is 12.1 Å². The van der Waals surface area contributed by atoms with Crippen LogP contribution in [0.2, 0.25) is 5.15 Å². The molecule has 2 N–H and O–H groups in total. The summed E-state index contributed by atoms with van der Waals surface area (Å²) in [7, 11) is 0. The predicted molar refractivity (Wildman–Crippen MR) is 66.2 cm³/mol. The first kappa shape index (κ1) is 12.9. The number of nitrogens with zero attached hydrogens (tertiary/aromatic N) is 1. The van der Waals surface area contributed by atoms with Crippen LogP contribution < -0.4 is 5.73 Å². The summed E-state index contributed by atoms with van der Waals surface area (Å²) in [4.78, 5) is 3.88. The Morgan fingerprint density at radius 1 is 1.17 bits per heavy atom. The maximum atomic E-state index is 13.5. The number of hydrogen-bond acceptors (Lipinski definition) is 2. The Bertz CT molecular complexity index is 523. The Morgan fingerprint density at radius 3 is 2.39 bits per heavy atom. The van der Waals surface area contributed by atoms with E-state index in [0.29, 0.717) is 10.7 Å². The monoisotopic (exact) mass is 268 g/mol. The van der Waals surface area contributed by atoms with Crippen LogP contribution in [0.1, 0.15) is 17.2 Å². The minimum absolute atomic E-state index is 0.0139. The van der Waals surface area contributed by atoms with Gasteiger partial charge < -0.3 is 5.73 Å². The van der Waals surface area contributed by atoms with Crippen LogP contribution in [0.15, 0.2) is 36.5 Å². The number of aromatic nitrogens is 1. The Labute approximate surface area is 108 Å². The van der Waals surface area contributed by atoms with Gasteiger partial charge in [-0.15, -0.1) is 0 Å². The van der Waals surface area contributed by atoms with Crippen molar-refractivity contribution in [1.29, 1.82) is 0 Å². The smallest absolute Gasteiger partial charge is 0.129 e. The Morgan fingerprint density at radius 2 is 1.83 bits per heavy atom. The number of rotatable bonds is 3. The zero-order chi connectivity index (χ0) is 13.1. The molecule has 1 heterocycles. The van der Waals surface area contributed by atoms with E-state index in [1.807, 2.05) is 0 Å². The van der Waals surface area contributed by atoms with Gasteiger partial charge in [-0.1, -0.05) is 23.7 Å². The van der Waals surface area contributed by atoms with Gasteiger partial charge in [0.15, 0.2) is 0 Å². The van der Waals surface area contributed by atoms with E-state index in [4.69, 9.17) is 17.3 Å². The molecular formula is C13H11ClF2N2. The average molecular weight is 269 g/mol. The average Bonchev–Trinajstić information content (AvgIpc) is 2.34. The van der Waals surface area contributed by atoms with Gasteiger partial charge in [-0.25, -0.2) is 13.8 Å². The van der Waals surface area contributed by atoms with E-state index < -0.39 is 17.7 Å². The molecule has 0 saturated carbocycles. The number of benzene rings is 1. The number of halogens is 3. The lowest BCUT2D eigenvalue weighted by Crippen LogP contribution is -2.15. The van der Waals surface area contributed by atoms with Gasteiger partial charge in [-0.3, -0.25) is 0 Å². The zero-order valence-corrected chi connectivity index (χ0v) is 10.2. The van der Waals surface area contributed by atoms with Gasteiger partial charge in [0.25, 0.3) is 0 Å². The van der Waals surface area contributed by atoms with Crippen molar-refractivity contribution in [3.8, 4) is 0 Å². The molecular weight excluding hydrogens is 258 g/mol. The third-order valence-corrected chi connectivity index (χ3v) is 2.89. The fourth-order valence-electron chi connectivity index (χ4n) is 1.67. The van der Waals surface area contributed by atoms with Crippen LogP contribution in [0, 0.1) is 11.6 Å². The fraction of sp³-hybridized carbons (Fsp3) is 0.154. The third-order valence-electron chi connectivity index (χ3n) is 2.66. The van der Waals surface area contributed by atoms with Crippen molar-refractivity contribution in [2.75, 3.05) is 0 Å². The van der Waals surface area contributed by atoms with Gasteiger partial charge in [0.1, 0.15) is 16.8 Å². The maximum absolute atomic E-state index is 13.5. The summed E-state index contributed by atoms with van der Waals surface area (Å²) in [5.41, 5.74) is 6.57. The van der Waals surface area contributed by atoms with Gasteiger partial charge in [-0.05, 0) is 30.2 Å². The summed E-state index contributed by atoms with van der Waals surface area (Å²) in [5.74, 6) is -1.18. The van der Waals surface area contributed by atoms with Crippen molar-refractivity contribution >= 4 is 11.6 Å². The van der Waals surface area contributed by atoms with Crippen molar-refractivity contribution in [1.82, 2.24) is 4.98 Å². The highest BCUT2D eigenvalue weighted by Gasteiger charge is 2.14. The number of nitrogens with two attached hydrogens (primary N) is 1. The van der Waals surface area contributed by atoms with E-state index >= 15 is 0 Å². The van der Waals surface area contributed by atoms with Crippen LogP contribution in [-0.2, 0) is 6.42 Å². The quantitative estimate of drug-likeness (QED) is 0.868. The Balaban J connectivity index is 2.21. The minimum atomic E-state index is -0.590. The lowest BCUT2D eigenvalue weighted by atomic mass is 10.0. The molecule has 2 rings (SSSR count). The van der Waals surface area contributed by atoms with E-state index in [1.165, 1.54) is 24.4 Å². The van der Waals surface area contributed by atoms with Gasteiger partial charge in [0.2, 0.25) is 0 Å². The molecule has 0 bridgehead atoms. The Kier molecular flexibility index (Phi) is 3.89. The van der Waals surface area contributed by atoms with Crippen molar-refractivity contribution in [3.63, 3.8) is 0 Å². The second-order valence-corrected chi connectivity index (χ2v) is 4.31. The van der Waals surface area contributed by atoms with E-state index in [0.717, 1.165) is 0 Å². The van der Waals surface area contributed by atoms with Crippen LogP contribution in [0.5, 0.6) is 0 Å². The molecule has 0 aliphatic rings. The topological polar surface area (TPSA) is 38.9 Å². The first-order chi connectivity index (χ1) is 8.58. The molecule has 0 aliphatic heterocycles. The van der Waals surface area contributed by atoms with E-state index in [2.05, 4.69) is 4.98 Å². The first-order valence-corrected chi connectivity index (χ1v) is 5.75. The second-order valence-electron chi connectivity index (χ2n) is 3.93. The third kappa shape index (κ3) is 2.83. The normalized spacial score (nSPS) is 12.4. The highest BCUT2D eigenvalue weighted by Crippen LogP contribution is 2.20. The van der Waals surface area contributed by atoms with Gasteiger partial charge >= 0.3 is 0 Å². The van der Waals surface area contributed by atoms with Crippen LogP contribution in [0.3, 0.4) is 0 Å². The van der Waals surface area contributed by atoms with Crippen molar-refractivity contribution in [2.45, 2.75) is 12.5 Å². The molecule has 0 fully saturated rings. The van der Waals surface area contributed by atoms with Gasteiger partial charge in [0, 0.05) is 17.8 Å². The molecule has 0 saturated heterocycles. The van der Waals surface area contributed by atoms with Crippen LogP contribution in [-0.4, -0.2) is 4.98 Å². The molecule has 1 aromatic carbocycles. The number of pyridine rings is 1. The maximum Gasteiger partial charge on any atom is 0.129 e. The van der Waals surface area contributed by atoms with Crippen LogP contribution >= 0.6 is 11.6 Å². The minimum Gasteiger partial charge on any atom is -0.324 e. The molecule has 0 radical (unpaired) electrons. The molecule has 2 nitrogen and oxygen atoms in total. The molecule has 1 unspecified atom stereocenters. The highest BCUT2D eigenvalue weighted by molar-refractivity contribution is 6.29. The molecule has 0 spiro atoms. The largest absolute Gasteiger partial charge is 0.324 e. The zero-order valence-electron chi connectivity index (χ0n) is 9.41. The summed E-state index contributed by atoms with van der Waals surface area (Å²) in [5, 5.41) is 0.350. The van der Waals surface area contributed by atoms with Gasteiger partial charge in [0.05, 0.1) is 0 Å². The first-order valence-electron chi connectivity index (χ1n) is 5.38. The van der Waals surface area contributed by atoms with E-state index in [9.17, 15) is 8.78 Å². The molecule has 0 aliphatic carbocycles. The lowest BCUT2D eigenvalue weighted by molar-refractivity contribution is 0.539. The SMILES string of the molecule is NC(Cc1c(F)cccc1F)c1ccc(Cl)nc1. The lowest BCUT2D eigenvalue weighted by Gasteiger charge is -2.13. The predicted octanol–water partition coefficient (Wildman–Crippen LogP) is 3.26. The van der Waals surface area contributed by atoms with Crippen molar-refractivity contribution in [3.05, 3.63) is 64.4 Å². The molecule has 5 heteroatoms. The standard InChI is InChI=1S/C13H11ClF2N2/c14-13-5-4-8(7-18-13)12(17)6-9-10(15)2-1-3-11(9)16/h1-5,7,12H,6,17H2. The van der Waals surface area contributed by atoms with E-state index in [-0.39, 0.29) is 12.0 Å². The summed E-state index contributed by atoms with van der Waals surface area (Å²) >= 11 is 5.66. The molecule has 94 valence electrons. The molecule has 1 aromatic heterocycles.